The van der Waals surface area contributed by atoms with E-state index in [1.807, 2.05) is 0 Å². The number of rotatable bonds is 0. The Labute approximate surface area is 76.6 Å². The zero-order chi connectivity index (χ0) is 5.41. The first kappa shape index (κ1) is 22.6. The van der Waals surface area contributed by atoms with Crippen LogP contribution in [0.2, 0.25) is 0 Å². The molecule has 0 aliphatic heterocycles. The SMILES string of the molecule is CPC.CPC.Cl.[Pd]. The van der Waals surface area contributed by atoms with Crippen molar-refractivity contribution in [1.29, 1.82) is 0 Å². The van der Waals surface area contributed by atoms with Crippen LogP contribution in [0.1, 0.15) is 0 Å². The fraction of sp³-hybridized carbons (Fsp3) is 1.00. The Hall–Kier alpha value is 1.81. The summed E-state index contributed by atoms with van der Waals surface area (Å²) in [5, 5.41) is 0. The maximum absolute atomic E-state index is 2.15. The molecule has 0 unspecified atom stereocenters. The Kier molecular flexibility index (Phi) is 104. The molecule has 0 spiro atoms. The summed E-state index contributed by atoms with van der Waals surface area (Å²) in [6, 6.07) is 0. The van der Waals surface area contributed by atoms with Crippen molar-refractivity contribution >= 4 is 29.6 Å². The van der Waals surface area contributed by atoms with E-state index in [2.05, 4.69) is 26.7 Å². The monoisotopic (exact) mass is 266 g/mol. The van der Waals surface area contributed by atoms with Crippen LogP contribution in [-0.4, -0.2) is 26.7 Å². The normalized spacial score (nSPS) is 4.50. The van der Waals surface area contributed by atoms with Gasteiger partial charge in [-0.2, -0.15) is 0 Å². The van der Waals surface area contributed by atoms with Crippen LogP contribution < -0.4 is 0 Å². The van der Waals surface area contributed by atoms with Gasteiger partial charge in [0.1, 0.15) is 0 Å². The molecule has 0 saturated carbocycles. The molecule has 0 nitrogen and oxygen atoms in total. The van der Waals surface area contributed by atoms with Crippen LogP contribution in [0, 0.1) is 0 Å². The van der Waals surface area contributed by atoms with Crippen LogP contribution >= 0.6 is 29.6 Å². The first-order valence-electron chi connectivity index (χ1n) is 2.00. The van der Waals surface area contributed by atoms with Crippen LogP contribution in [0.15, 0.2) is 0 Å². The van der Waals surface area contributed by atoms with E-state index < -0.39 is 0 Å². The minimum absolute atomic E-state index is 0. The molecular formula is C4H15ClP2Pd. The molecule has 0 bridgehead atoms. The van der Waals surface area contributed by atoms with Gasteiger partial charge in [0.05, 0.1) is 0 Å². The molecule has 0 aromatic heterocycles. The fourth-order valence-corrected chi connectivity index (χ4v) is 0. The molecule has 0 saturated heterocycles. The topological polar surface area (TPSA) is 0 Å². The molecule has 0 radical (unpaired) electrons. The van der Waals surface area contributed by atoms with Crippen LogP contribution in [-0.2, 0) is 20.4 Å². The summed E-state index contributed by atoms with van der Waals surface area (Å²) in [4.78, 5) is 0. The van der Waals surface area contributed by atoms with E-state index in [0.29, 0.717) is 0 Å². The van der Waals surface area contributed by atoms with Gasteiger partial charge in [-0.25, -0.2) is 0 Å². The Bertz CT molecular complexity index is 16.0. The largest absolute Gasteiger partial charge is 0.147 e. The summed E-state index contributed by atoms with van der Waals surface area (Å²) in [5.41, 5.74) is 0. The zero-order valence-electron chi connectivity index (χ0n) is 5.72. The summed E-state index contributed by atoms with van der Waals surface area (Å²) in [5.74, 6) is 0. The summed E-state index contributed by atoms with van der Waals surface area (Å²) >= 11 is 0. The van der Waals surface area contributed by atoms with E-state index in [-0.39, 0.29) is 32.8 Å². The minimum Gasteiger partial charge on any atom is -0.147 e. The number of hydrogen-bond donors (Lipinski definition) is 0. The third-order valence-corrected chi connectivity index (χ3v) is 0. The third-order valence-electron chi connectivity index (χ3n) is 0. The van der Waals surface area contributed by atoms with Crippen molar-refractivity contribution in [3.05, 3.63) is 0 Å². The first-order chi connectivity index (χ1) is 2.83. The molecular weight excluding hydrogens is 252 g/mol. The van der Waals surface area contributed by atoms with Crippen molar-refractivity contribution in [2.75, 3.05) is 26.7 Å². The molecule has 0 amide bonds. The van der Waals surface area contributed by atoms with Gasteiger partial charge >= 0.3 is 0 Å². The molecule has 0 fully saturated rings. The molecule has 0 rings (SSSR count). The molecule has 58 valence electrons. The smallest absolute Gasteiger partial charge is 0 e. The van der Waals surface area contributed by atoms with E-state index >= 15 is 0 Å². The van der Waals surface area contributed by atoms with Crippen molar-refractivity contribution in [1.82, 2.24) is 0 Å². The van der Waals surface area contributed by atoms with Gasteiger partial charge in [-0.15, -0.1) is 29.6 Å². The Balaban J connectivity index is -0.0000000160. The van der Waals surface area contributed by atoms with Gasteiger partial charge in [0.2, 0.25) is 0 Å². The minimum atomic E-state index is 0. The molecule has 0 N–H and O–H groups in total. The Morgan fingerprint density at radius 3 is 0.750 bits per heavy atom. The Morgan fingerprint density at radius 2 is 0.750 bits per heavy atom. The van der Waals surface area contributed by atoms with Gasteiger partial charge in [-0.05, 0) is 26.7 Å². The number of hydrogen-bond acceptors (Lipinski definition) is 0. The Morgan fingerprint density at radius 1 is 0.750 bits per heavy atom. The van der Waals surface area contributed by atoms with E-state index in [9.17, 15) is 0 Å². The second-order valence-corrected chi connectivity index (χ2v) is 3.00. The zero-order valence-corrected chi connectivity index (χ0v) is 10.1. The summed E-state index contributed by atoms with van der Waals surface area (Å²) in [6.07, 6.45) is 0. The fourth-order valence-electron chi connectivity index (χ4n) is 0. The molecule has 0 aromatic rings. The average Bonchev–Trinajstić information content (AvgIpc) is 1.39. The van der Waals surface area contributed by atoms with E-state index in [4.69, 9.17) is 0 Å². The molecule has 0 aromatic carbocycles. The van der Waals surface area contributed by atoms with Gasteiger partial charge < -0.3 is 0 Å². The van der Waals surface area contributed by atoms with Crippen LogP contribution in [0.4, 0.5) is 0 Å². The second kappa shape index (κ2) is 37.0. The molecule has 0 aliphatic rings. The average molecular weight is 267 g/mol. The quantitative estimate of drug-likeness (QED) is 0.466. The van der Waals surface area contributed by atoms with Gasteiger partial charge in [0, 0.05) is 20.4 Å². The van der Waals surface area contributed by atoms with Crippen molar-refractivity contribution in [2.24, 2.45) is 0 Å². The van der Waals surface area contributed by atoms with E-state index in [1.165, 1.54) is 0 Å². The first-order valence-corrected chi connectivity index (χ1v) is 6.00. The second-order valence-electron chi connectivity index (χ2n) is 1.00. The van der Waals surface area contributed by atoms with Gasteiger partial charge in [-0.3, -0.25) is 0 Å². The molecule has 0 heterocycles. The molecule has 8 heavy (non-hydrogen) atoms. The van der Waals surface area contributed by atoms with Crippen molar-refractivity contribution in [3.8, 4) is 0 Å². The number of halogens is 1. The van der Waals surface area contributed by atoms with E-state index in [0.717, 1.165) is 17.2 Å². The van der Waals surface area contributed by atoms with Crippen LogP contribution in [0.25, 0.3) is 0 Å². The standard InChI is InChI=1S/2C2H7P.ClH.Pd/c2*1-3-2;;/h2*3H,1-2H3;1H;. The predicted octanol–water partition coefficient (Wildman–Crippen LogP) is 2.27. The summed E-state index contributed by atoms with van der Waals surface area (Å²) < 4.78 is 0. The maximum Gasteiger partial charge on any atom is 0 e. The molecule has 0 aliphatic carbocycles. The van der Waals surface area contributed by atoms with Crippen molar-refractivity contribution in [2.45, 2.75) is 0 Å². The predicted molar refractivity (Wildman–Crippen MR) is 47.6 cm³/mol. The van der Waals surface area contributed by atoms with Gasteiger partial charge in [0.25, 0.3) is 0 Å². The summed E-state index contributed by atoms with van der Waals surface area (Å²) in [6.45, 7) is 8.61. The maximum atomic E-state index is 2.15. The van der Waals surface area contributed by atoms with Gasteiger partial charge in [-0.1, -0.05) is 0 Å². The van der Waals surface area contributed by atoms with E-state index in [1.54, 1.807) is 0 Å². The summed E-state index contributed by atoms with van der Waals surface area (Å²) in [7, 11) is 2.17. The van der Waals surface area contributed by atoms with Crippen molar-refractivity contribution < 1.29 is 20.4 Å². The molecule has 0 atom stereocenters. The van der Waals surface area contributed by atoms with Gasteiger partial charge in [0.15, 0.2) is 0 Å². The van der Waals surface area contributed by atoms with Crippen LogP contribution in [0.5, 0.6) is 0 Å². The van der Waals surface area contributed by atoms with Crippen LogP contribution in [0.3, 0.4) is 0 Å². The molecule has 4 heteroatoms. The van der Waals surface area contributed by atoms with Crippen molar-refractivity contribution in [3.63, 3.8) is 0 Å². The third kappa shape index (κ3) is 110.